The molecule has 66 valence electrons. The van der Waals surface area contributed by atoms with Crippen LogP contribution in [0.4, 0.5) is 0 Å². The third kappa shape index (κ3) is 15.7. The molecule has 0 atom stereocenters. The molecular formula is C9H25N. The molecule has 0 saturated heterocycles. The van der Waals surface area contributed by atoms with Crippen molar-refractivity contribution in [3.63, 3.8) is 0 Å². The van der Waals surface area contributed by atoms with Crippen molar-refractivity contribution in [1.29, 1.82) is 0 Å². The molecule has 0 aliphatic rings. The Kier molecular flexibility index (Phi) is 8.92. The minimum atomic E-state index is 0. The zero-order valence-electron chi connectivity index (χ0n) is 8.41. The third-order valence-corrected chi connectivity index (χ3v) is 1.12. The van der Waals surface area contributed by atoms with E-state index in [0.29, 0.717) is 5.41 Å². The maximum Gasteiger partial charge on any atom is 0 e. The maximum absolute atomic E-state index is 3.12. The molecule has 0 spiro atoms. The van der Waals surface area contributed by atoms with Gasteiger partial charge in [0.05, 0.1) is 0 Å². The fourth-order valence-electron chi connectivity index (χ4n) is 0.500. The number of hydrogen-bond acceptors (Lipinski definition) is 1. The van der Waals surface area contributed by atoms with Gasteiger partial charge in [-0.2, -0.15) is 0 Å². The van der Waals surface area contributed by atoms with E-state index >= 15 is 0 Å². The third-order valence-electron chi connectivity index (χ3n) is 1.12. The summed E-state index contributed by atoms with van der Waals surface area (Å²) >= 11 is 0. The summed E-state index contributed by atoms with van der Waals surface area (Å²) in [6, 6.07) is 0. The maximum atomic E-state index is 3.12. The van der Waals surface area contributed by atoms with Crippen molar-refractivity contribution in [1.82, 2.24) is 5.32 Å². The van der Waals surface area contributed by atoms with E-state index < -0.39 is 0 Å². The van der Waals surface area contributed by atoms with Crippen LogP contribution in [0.2, 0.25) is 0 Å². The van der Waals surface area contributed by atoms with Crippen molar-refractivity contribution in [2.45, 2.75) is 41.0 Å². The molecule has 0 aromatic rings. The second kappa shape index (κ2) is 7.07. The number of hydrogen-bond donors (Lipinski definition) is 1. The Morgan fingerprint density at radius 1 is 1.20 bits per heavy atom. The molecular weight excluding hydrogens is 122 g/mol. The van der Waals surface area contributed by atoms with Crippen LogP contribution in [0.15, 0.2) is 0 Å². The second-order valence-corrected chi connectivity index (χ2v) is 3.41. The van der Waals surface area contributed by atoms with Gasteiger partial charge in [0.15, 0.2) is 0 Å². The molecule has 0 fully saturated rings. The van der Waals surface area contributed by atoms with Crippen LogP contribution in [-0.2, 0) is 0 Å². The van der Waals surface area contributed by atoms with Crippen molar-refractivity contribution in [3.8, 4) is 0 Å². The van der Waals surface area contributed by atoms with Crippen LogP contribution in [0.25, 0.3) is 0 Å². The number of rotatable bonds is 2. The Balaban J connectivity index is -0.000000196. The van der Waals surface area contributed by atoms with Crippen LogP contribution in [0, 0.1) is 5.41 Å². The highest BCUT2D eigenvalue weighted by Crippen LogP contribution is 2.16. The predicted octanol–water partition coefficient (Wildman–Crippen LogP) is 2.91. The molecule has 0 unspecified atom stereocenters. The lowest BCUT2D eigenvalue weighted by molar-refractivity contribution is 0.373. The normalized spacial score (nSPS) is 10.2. The lowest BCUT2D eigenvalue weighted by Gasteiger charge is -2.16. The summed E-state index contributed by atoms with van der Waals surface area (Å²) in [6.07, 6.45) is 1.25. The zero-order chi connectivity index (χ0) is 8.62. The van der Waals surface area contributed by atoms with Gasteiger partial charge in [-0.15, -0.1) is 0 Å². The van der Waals surface area contributed by atoms with Gasteiger partial charge in [0.2, 0.25) is 0 Å². The van der Waals surface area contributed by atoms with E-state index in [2.05, 4.69) is 26.1 Å². The highest BCUT2D eigenvalue weighted by Gasteiger charge is 2.07. The molecule has 0 saturated carbocycles. The van der Waals surface area contributed by atoms with Gasteiger partial charge in [-0.05, 0) is 25.4 Å². The van der Waals surface area contributed by atoms with E-state index in [1.54, 1.807) is 0 Å². The minimum Gasteiger partial charge on any atom is -0.320 e. The summed E-state index contributed by atoms with van der Waals surface area (Å²) in [5.74, 6) is 0. The van der Waals surface area contributed by atoms with Crippen LogP contribution >= 0.6 is 0 Å². The summed E-state index contributed by atoms with van der Waals surface area (Å²) in [7, 11) is 1.99. The highest BCUT2D eigenvalue weighted by atomic mass is 14.8. The van der Waals surface area contributed by atoms with Gasteiger partial charge in [0, 0.05) is 1.43 Å². The molecule has 0 aliphatic heterocycles. The Bertz CT molecular complexity index is 57.1. The van der Waals surface area contributed by atoms with E-state index in [9.17, 15) is 0 Å². The molecule has 1 nitrogen and oxygen atoms in total. The molecule has 0 radical (unpaired) electrons. The molecule has 0 aromatic carbocycles. The van der Waals surface area contributed by atoms with E-state index in [1.165, 1.54) is 6.42 Å². The average Bonchev–Trinajstić information content (AvgIpc) is 1.87. The van der Waals surface area contributed by atoms with Crippen molar-refractivity contribution in [2.75, 3.05) is 13.6 Å². The Morgan fingerprint density at radius 2 is 1.60 bits per heavy atom. The molecule has 0 bridgehead atoms. The van der Waals surface area contributed by atoms with Gasteiger partial charge in [-0.25, -0.2) is 0 Å². The summed E-state index contributed by atoms with van der Waals surface area (Å²) in [6.45, 7) is 11.9. The average molecular weight is 147 g/mol. The largest absolute Gasteiger partial charge is 0.320 e. The monoisotopic (exact) mass is 147 g/mol. The summed E-state index contributed by atoms with van der Waals surface area (Å²) in [4.78, 5) is 0. The lowest BCUT2D eigenvalue weighted by atomic mass is 9.92. The summed E-state index contributed by atoms with van der Waals surface area (Å²) in [5.41, 5.74) is 0.489. The molecule has 0 rings (SSSR count). The Hall–Kier alpha value is -0.0400. The zero-order valence-corrected chi connectivity index (χ0v) is 8.41. The van der Waals surface area contributed by atoms with Crippen molar-refractivity contribution in [2.24, 2.45) is 5.41 Å². The fraction of sp³-hybridized carbons (Fsp3) is 1.00. The smallest absolute Gasteiger partial charge is 0 e. The molecule has 10 heavy (non-hydrogen) atoms. The van der Waals surface area contributed by atoms with Crippen LogP contribution in [0.5, 0.6) is 0 Å². The fourth-order valence-corrected chi connectivity index (χ4v) is 0.500. The van der Waals surface area contributed by atoms with Gasteiger partial charge in [0.25, 0.3) is 0 Å². The first kappa shape index (κ1) is 12.6. The molecule has 0 aromatic heterocycles. The first-order valence-electron chi connectivity index (χ1n) is 4.21. The predicted molar refractivity (Wildman–Crippen MR) is 51.5 cm³/mol. The van der Waals surface area contributed by atoms with Gasteiger partial charge >= 0.3 is 0 Å². The van der Waals surface area contributed by atoms with Crippen molar-refractivity contribution >= 4 is 0 Å². The molecule has 0 heterocycles. The molecule has 0 aliphatic carbocycles. The van der Waals surface area contributed by atoms with Crippen molar-refractivity contribution in [3.05, 3.63) is 0 Å². The Morgan fingerprint density at radius 3 is 1.70 bits per heavy atom. The standard InChI is InChI=1S/C7H17N.C2H6.H2/c1-7(2,3)5-6-8-4;1-2;/h8H,5-6H2,1-4H3;1-2H3;1H. The first-order chi connectivity index (χ1) is 4.56. The van der Waals surface area contributed by atoms with Gasteiger partial charge in [0.1, 0.15) is 0 Å². The molecule has 1 N–H and O–H groups in total. The lowest BCUT2D eigenvalue weighted by Crippen LogP contribution is -2.16. The second-order valence-electron chi connectivity index (χ2n) is 3.41. The number of nitrogens with one attached hydrogen (secondary N) is 1. The molecule has 0 amide bonds. The topological polar surface area (TPSA) is 12.0 Å². The van der Waals surface area contributed by atoms with Crippen molar-refractivity contribution < 1.29 is 1.43 Å². The van der Waals surface area contributed by atoms with Gasteiger partial charge < -0.3 is 5.32 Å². The first-order valence-corrected chi connectivity index (χ1v) is 4.21. The van der Waals surface area contributed by atoms with Gasteiger partial charge in [-0.1, -0.05) is 34.6 Å². The van der Waals surface area contributed by atoms with Crippen LogP contribution in [-0.4, -0.2) is 13.6 Å². The van der Waals surface area contributed by atoms with E-state index in [1.807, 2.05) is 20.9 Å². The quantitative estimate of drug-likeness (QED) is 0.633. The summed E-state index contributed by atoms with van der Waals surface area (Å²) < 4.78 is 0. The summed E-state index contributed by atoms with van der Waals surface area (Å²) in [5, 5.41) is 3.12. The molecule has 1 heteroatoms. The Labute approximate surface area is 67.7 Å². The minimum absolute atomic E-state index is 0. The van der Waals surface area contributed by atoms with Gasteiger partial charge in [-0.3, -0.25) is 0 Å². The van der Waals surface area contributed by atoms with Crippen LogP contribution < -0.4 is 5.32 Å². The highest BCUT2D eigenvalue weighted by molar-refractivity contribution is 4.61. The van der Waals surface area contributed by atoms with E-state index in [-0.39, 0.29) is 1.43 Å². The van der Waals surface area contributed by atoms with E-state index in [0.717, 1.165) is 6.54 Å². The van der Waals surface area contributed by atoms with E-state index in [4.69, 9.17) is 0 Å². The van der Waals surface area contributed by atoms with Crippen LogP contribution in [0.1, 0.15) is 42.5 Å². The SMILES string of the molecule is CC.CNCCC(C)(C)C.[HH]. The van der Waals surface area contributed by atoms with Crippen LogP contribution in [0.3, 0.4) is 0 Å².